The number of benzene rings is 2. The van der Waals surface area contributed by atoms with Crippen molar-refractivity contribution in [3.05, 3.63) is 90.0 Å². The molecule has 114 valence electrons. The van der Waals surface area contributed by atoms with Crippen LogP contribution in [0.4, 0.5) is 0 Å². The molecule has 1 unspecified atom stereocenters. The van der Waals surface area contributed by atoms with Crippen molar-refractivity contribution in [1.29, 1.82) is 0 Å². The first kappa shape index (κ1) is 14.9. The normalized spacial score (nSPS) is 11.9. The van der Waals surface area contributed by atoms with Gasteiger partial charge >= 0.3 is 0 Å². The van der Waals surface area contributed by atoms with E-state index in [2.05, 4.69) is 4.98 Å². The number of carbonyl (C=O) groups is 2. The van der Waals surface area contributed by atoms with Gasteiger partial charge in [-0.3, -0.25) is 14.2 Å². The first-order chi connectivity index (χ1) is 11.2. The molecule has 4 nitrogen and oxygen atoms in total. The van der Waals surface area contributed by atoms with E-state index in [1.165, 1.54) is 10.9 Å². The molecule has 0 bridgehead atoms. The number of imidazole rings is 1. The predicted octanol–water partition coefficient (Wildman–Crippen LogP) is 3.56. The zero-order valence-electron chi connectivity index (χ0n) is 12.7. The Morgan fingerprint density at radius 3 is 2.43 bits per heavy atom. The maximum atomic E-state index is 12.5. The Morgan fingerprint density at radius 1 is 1.00 bits per heavy atom. The van der Waals surface area contributed by atoms with Gasteiger partial charge in [0.25, 0.3) is 0 Å². The number of aromatic nitrogens is 2. The molecule has 0 amide bonds. The Labute approximate surface area is 134 Å². The van der Waals surface area contributed by atoms with E-state index in [1.807, 2.05) is 37.3 Å². The molecular formula is C19H16N2O2. The van der Waals surface area contributed by atoms with Gasteiger partial charge in [0.05, 0.1) is 5.92 Å². The summed E-state index contributed by atoms with van der Waals surface area (Å²) in [6, 6.07) is 16.3. The highest BCUT2D eigenvalue weighted by atomic mass is 16.2. The van der Waals surface area contributed by atoms with Gasteiger partial charge in [-0.25, -0.2) is 4.98 Å². The highest BCUT2D eigenvalue weighted by molar-refractivity contribution is 6.09. The lowest BCUT2D eigenvalue weighted by Gasteiger charge is -2.12. The zero-order chi connectivity index (χ0) is 16.2. The van der Waals surface area contributed by atoms with Crippen molar-refractivity contribution >= 4 is 11.7 Å². The van der Waals surface area contributed by atoms with Gasteiger partial charge in [-0.2, -0.15) is 0 Å². The fourth-order valence-electron chi connectivity index (χ4n) is 2.46. The van der Waals surface area contributed by atoms with E-state index < -0.39 is 0 Å². The van der Waals surface area contributed by atoms with E-state index in [-0.39, 0.29) is 17.6 Å². The number of ketones is 1. The maximum absolute atomic E-state index is 12.5. The van der Waals surface area contributed by atoms with Crippen LogP contribution >= 0.6 is 0 Å². The van der Waals surface area contributed by atoms with Crippen molar-refractivity contribution in [3.63, 3.8) is 0 Å². The van der Waals surface area contributed by atoms with Crippen molar-refractivity contribution in [2.24, 2.45) is 0 Å². The molecule has 0 saturated heterocycles. The van der Waals surface area contributed by atoms with Crippen LogP contribution in [0.5, 0.6) is 0 Å². The molecule has 0 spiro atoms. The van der Waals surface area contributed by atoms with Crippen LogP contribution in [0.3, 0.4) is 0 Å². The third-order valence-corrected chi connectivity index (χ3v) is 3.81. The minimum atomic E-state index is -0.354. The minimum absolute atomic E-state index is 0.0465. The van der Waals surface area contributed by atoms with Crippen molar-refractivity contribution in [2.75, 3.05) is 0 Å². The van der Waals surface area contributed by atoms with E-state index in [0.29, 0.717) is 11.1 Å². The Bertz CT molecular complexity index is 824. The number of hydrogen-bond acceptors (Lipinski definition) is 3. The minimum Gasteiger partial charge on any atom is -0.289 e. The summed E-state index contributed by atoms with van der Waals surface area (Å²) in [6.45, 7) is 1.83. The third-order valence-electron chi connectivity index (χ3n) is 3.81. The molecule has 0 fully saturated rings. The first-order valence-corrected chi connectivity index (χ1v) is 7.38. The Kier molecular flexibility index (Phi) is 4.15. The summed E-state index contributed by atoms with van der Waals surface area (Å²) in [5.41, 5.74) is 2.03. The molecule has 0 aliphatic rings. The quantitative estimate of drug-likeness (QED) is 0.693. The van der Waals surface area contributed by atoms with Gasteiger partial charge in [-0.15, -0.1) is 0 Å². The fourth-order valence-corrected chi connectivity index (χ4v) is 2.46. The summed E-state index contributed by atoms with van der Waals surface area (Å²) in [6.07, 6.45) is 4.68. The van der Waals surface area contributed by atoms with Gasteiger partial charge in [0.1, 0.15) is 6.33 Å². The largest absolute Gasteiger partial charge is 0.289 e. The fraction of sp³-hybridized carbons (Fsp3) is 0.105. The van der Waals surface area contributed by atoms with E-state index in [9.17, 15) is 9.59 Å². The van der Waals surface area contributed by atoms with Gasteiger partial charge in [0.15, 0.2) is 5.78 Å². The maximum Gasteiger partial charge on any atom is 0.239 e. The van der Waals surface area contributed by atoms with E-state index in [1.54, 1.807) is 36.7 Å². The molecule has 1 atom stereocenters. The second kappa shape index (κ2) is 6.40. The molecule has 0 aliphatic heterocycles. The number of rotatable bonds is 4. The van der Waals surface area contributed by atoms with Crippen LogP contribution in [-0.4, -0.2) is 21.2 Å². The highest BCUT2D eigenvalue weighted by Gasteiger charge is 2.18. The highest BCUT2D eigenvalue weighted by Crippen LogP contribution is 2.20. The van der Waals surface area contributed by atoms with Crippen LogP contribution in [-0.2, 0) is 0 Å². The van der Waals surface area contributed by atoms with Crippen molar-refractivity contribution in [2.45, 2.75) is 12.8 Å². The Morgan fingerprint density at radius 2 is 1.74 bits per heavy atom. The van der Waals surface area contributed by atoms with E-state index in [0.717, 1.165) is 5.56 Å². The lowest BCUT2D eigenvalue weighted by atomic mass is 9.95. The summed E-state index contributed by atoms with van der Waals surface area (Å²) in [5, 5.41) is 0. The monoisotopic (exact) mass is 304 g/mol. The predicted molar refractivity (Wildman–Crippen MR) is 87.6 cm³/mol. The van der Waals surface area contributed by atoms with Gasteiger partial charge in [-0.1, -0.05) is 48.5 Å². The van der Waals surface area contributed by atoms with Gasteiger partial charge in [-0.05, 0) is 18.6 Å². The van der Waals surface area contributed by atoms with Gasteiger partial charge in [0.2, 0.25) is 5.91 Å². The second-order valence-electron chi connectivity index (χ2n) is 5.35. The van der Waals surface area contributed by atoms with Crippen LogP contribution in [0.25, 0.3) is 0 Å². The Balaban J connectivity index is 1.88. The molecule has 3 rings (SSSR count). The molecular weight excluding hydrogens is 288 g/mol. The molecule has 0 N–H and O–H groups in total. The zero-order valence-corrected chi connectivity index (χ0v) is 12.7. The second-order valence-corrected chi connectivity index (χ2v) is 5.35. The molecule has 4 heteroatoms. The SMILES string of the molecule is CC(C(=O)n1ccnc1)c1cccc(C(=O)c2ccccc2)c1. The molecule has 1 aromatic heterocycles. The molecule has 2 aromatic carbocycles. The van der Waals surface area contributed by atoms with Crippen LogP contribution in [0.15, 0.2) is 73.3 Å². The topological polar surface area (TPSA) is 52.0 Å². The van der Waals surface area contributed by atoms with Crippen LogP contribution in [0.2, 0.25) is 0 Å². The average Bonchev–Trinajstić information content (AvgIpc) is 3.15. The first-order valence-electron chi connectivity index (χ1n) is 7.38. The Hall–Kier alpha value is -3.01. The number of hydrogen-bond donors (Lipinski definition) is 0. The lowest BCUT2D eigenvalue weighted by Crippen LogP contribution is -2.16. The molecule has 1 heterocycles. The summed E-state index contributed by atoms with van der Waals surface area (Å²) in [7, 11) is 0. The van der Waals surface area contributed by atoms with Gasteiger partial charge < -0.3 is 0 Å². The third kappa shape index (κ3) is 3.11. The number of carbonyl (C=O) groups excluding carboxylic acids is 2. The van der Waals surface area contributed by atoms with Crippen molar-refractivity contribution in [3.8, 4) is 0 Å². The lowest BCUT2D eigenvalue weighted by molar-refractivity contribution is 0.0883. The molecule has 3 aromatic rings. The molecule has 0 aliphatic carbocycles. The van der Waals surface area contributed by atoms with Crippen molar-refractivity contribution in [1.82, 2.24) is 9.55 Å². The number of nitrogens with zero attached hydrogens (tertiary/aromatic N) is 2. The van der Waals surface area contributed by atoms with E-state index >= 15 is 0 Å². The standard InChI is InChI=1S/C19H16N2O2/c1-14(19(23)21-11-10-20-13-21)16-8-5-9-17(12-16)18(22)15-6-3-2-4-7-15/h2-14H,1H3. The smallest absolute Gasteiger partial charge is 0.239 e. The summed E-state index contributed by atoms with van der Waals surface area (Å²) < 4.78 is 1.45. The molecule has 23 heavy (non-hydrogen) atoms. The summed E-state index contributed by atoms with van der Waals surface area (Å²) in [5.74, 6) is -0.478. The van der Waals surface area contributed by atoms with Crippen LogP contribution in [0.1, 0.15) is 39.1 Å². The van der Waals surface area contributed by atoms with Gasteiger partial charge in [0, 0.05) is 23.5 Å². The van der Waals surface area contributed by atoms with Crippen LogP contribution < -0.4 is 0 Å². The van der Waals surface area contributed by atoms with E-state index in [4.69, 9.17) is 0 Å². The van der Waals surface area contributed by atoms with Crippen LogP contribution in [0, 0.1) is 0 Å². The van der Waals surface area contributed by atoms with Crippen molar-refractivity contribution < 1.29 is 9.59 Å². The molecule has 0 saturated carbocycles. The summed E-state index contributed by atoms with van der Waals surface area (Å²) >= 11 is 0. The summed E-state index contributed by atoms with van der Waals surface area (Å²) in [4.78, 5) is 28.8. The average molecular weight is 304 g/mol. The molecule has 0 radical (unpaired) electrons.